The lowest BCUT2D eigenvalue weighted by Gasteiger charge is -2.05. The molecule has 26 heavy (non-hydrogen) atoms. The number of nitrogens with two attached hydrogens (primary N) is 1. The van der Waals surface area contributed by atoms with Crippen molar-refractivity contribution in [2.24, 2.45) is 0 Å². The SMILES string of the molecule is Nc1ccc([N+](=O)[O-])cc1C(=O)OCc1ncc(-c2ccc(F)cc2)o1. The lowest BCUT2D eigenvalue weighted by atomic mass is 10.1. The van der Waals surface area contributed by atoms with E-state index in [2.05, 4.69) is 4.98 Å². The number of esters is 1. The predicted octanol–water partition coefficient (Wildman–Crippen LogP) is 3.33. The summed E-state index contributed by atoms with van der Waals surface area (Å²) in [5.74, 6) is -0.725. The summed E-state index contributed by atoms with van der Waals surface area (Å²) in [6.07, 6.45) is 1.41. The molecule has 2 aromatic carbocycles. The quantitative estimate of drug-likeness (QED) is 0.322. The minimum Gasteiger partial charge on any atom is -0.452 e. The third-order valence-corrected chi connectivity index (χ3v) is 3.48. The summed E-state index contributed by atoms with van der Waals surface area (Å²) in [7, 11) is 0. The van der Waals surface area contributed by atoms with Crippen molar-refractivity contribution >= 4 is 17.3 Å². The van der Waals surface area contributed by atoms with Gasteiger partial charge in [-0.15, -0.1) is 0 Å². The summed E-state index contributed by atoms with van der Waals surface area (Å²) in [5, 5.41) is 10.8. The molecule has 0 aliphatic heterocycles. The Hall–Kier alpha value is -3.75. The summed E-state index contributed by atoms with van der Waals surface area (Å²) >= 11 is 0. The van der Waals surface area contributed by atoms with E-state index in [1.54, 1.807) is 0 Å². The second kappa shape index (κ2) is 7.01. The van der Waals surface area contributed by atoms with E-state index in [1.807, 2.05) is 0 Å². The molecule has 8 nitrogen and oxygen atoms in total. The minimum absolute atomic E-state index is 0.0556. The Balaban J connectivity index is 1.70. The highest BCUT2D eigenvalue weighted by atomic mass is 19.1. The first kappa shape index (κ1) is 17.1. The highest BCUT2D eigenvalue weighted by Gasteiger charge is 2.17. The number of nitrogens with zero attached hydrogens (tertiary/aromatic N) is 2. The second-order valence-corrected chi connectivity index (χ2v) is 5.23. The van der Waals surface area contributed by atoms with E-state index in [0.29, 0.717) is 11.3 Å². The molecule has 0 saturated carbocycles. The summed E-state index contributed by atoms with van der Waals surface area (Å²) in [6, 6.07) is 9.09. The standard InChI is InChI=1S/C17H12FN3O5/c18-11-3-1-10(2-4-11)15-8-20-16(26-15)9-25-17(22)13-7-12(21(23)24)5-6-14(13)19/h1-8H,9,19H2. The van der Waals surface area contributed by atoms with E-state index in [-0.39, 0.29) is 35.3 Å². The molecule has 0 fully saturated rings. The van der Waals surface area contributed by atoms with Gasteiger partial charge in [0.1, 0.15) is 5.82 Å². The molecule has 0 amide bonds. The van der Waals surface area contributed by atoms with Crippen LogP contribution in [0, 0.1) is 15.9 Å². The van der Waals surface area contributed by atoms with Gasteiger partial charge in [-0.3, -0.25) is 10.1 Å². The number of carbonyl (C=O) groups is 1. The zero-order valence-corrected chi connectivity index (χ0v) is 13.2. The third-order valence-electron chi connectivity index (χ3n) is 3.48. The Labute approximate surface area is 146 Å². The number of halogens is 1. The van der Waals surface area contributed by atoms with Crippen molar-refractivity contribution < 1.29 is 23.3 Å². The summed E-state index contributed by atoms with van der Waals surface area (Å²) in [4.78, 5) is 26.2. The van der Waals surface area contributed by atoms with Crippen molar-refractivity contribution in [1.82, 2.24) is 4.98 Å². The normalized spacial score (nSPS) is 10.5. The van der Waals surface area contributed by atoms with Crippen molar-refractivity contribution in [3.05, 3.63) is 76.0 Å². The first-order chi connectivity index (χ1) is 12.4. The van der Waals surface area contributed by atoms with Crippen LogP contribution in [-0.4, -0.2) is 15.9 Å². The Morgan fingerprint density at radius 1 is 1.27 bits per heavy atom. The van der Waals surface area contributed by atoms with Crippen molar-refractivity contribution in [1.29, 1.82) is 0 Å². The van der Waals surface area contributed by atoms with Gasteiger partial charge in [0.05, 0.1) is 16.7 Å². The van der Waals surface area contributed by atoms with E-state index < -0.39 is 10.9 Å². The van der Waals surface area contributed by atoms with Gasteiger partial charge in [0.15, 0.2) is 12.4 Å². The van der Waals surface area contributed by atoms with Gasteiger partial charge >= 0.3 is 5.97 Å². The molecule has 0 radical (unpaired) electrons. The van der Waals surface area contributed by atoms with E-state index in [4.69, 9.17) is 14.9 Å². The van der Waals surface area contributed by atoms with Crippen LogP contribution in [0.1, 0.15) is 16.2 Å². The largest absolute Gasteiger partial charge is 0.452 e. The molecule has 0 atom stereocenters. The first-order valence-electron chi connectivity index (χ1n) is 7.36. The summed E-state index contributed by atoms with van der Waals surface area (Å²) < 4.78 is 23.4. The number of nitro groups is 1. The average molecular weight is 357 g/mol. The third kappa shape index (κ3) is 3.66. The monoisotopic (exact) mass is 357 g/mol. The van der Waals surface area contributed by atoms with Crippen molar-refractivity contribution in [2.45, 2.75) is 6.61 Å². The number of hydrogen-bond donors (Lipinski definition) is 1. The fourth-order valence-electron chi connectivity index (χ4n) is 2.16. The number of carbonyl (C=O) groups excluding carboxylic acids is 1. The summed E-state index contributed by atoms with van der Waals surface area (Å²) in [6.45, 7) is -0.290. The van der Waals surface area contributed by atoms with E-state index in [9.17, 15) is 19.3 Å². The molecule has 0 spiro atoms. The van der Waals surface area contributed by atoms with Crippen LogP contribution in [0.5, 0.6) is 0 Å². The highest BCUT2D eigenvalue weighted by molar-refractivity contribution is 5.95. The first-order valence-corrected chi connectivity index (χ1v) is 7.36. The Morgan fingerprint density at radius 2 is 2.00 bits per heavy atom. The van der Waals surface area contributed by atoms with Gasteiger partial charge in [-0.2, -0.15) is 0 Å². The van der Waals surface area contributed by atoms with Gasteiger partial charge in [0.25, 0.3) is 5.69 Å². The zero-order valence-electron chi connectivity index (χ0n) is 13.2. The molecule has 9 heteroatoms. The zero-order chi connectivity index (χ0) is 18.7. The van der Waals surface area contributed by atoms with Gasteiger partial charge in [0, 0.05) is 23.4 Å². The number of oxazole rings is 1. The van der Waals surface area contributed by atoms with Crippen LogP contribution in [0.4, 0.5) is 15.8 Å². The topological polar surface area (TPSA) is 121 Å². The van der Waals surface area contributed by atoms with Crippen LogP contribution in [0.3, 0.4) is 0 Å². The molecule has 3 aromatic rings. The van der Waals surface area contributed by atoms with Crippen molar-refractivity contribution in [3.63, 3.8) is 0 Å². The number of hydrogen-bond acceptors (Lipinski definition) is 7. The van der Waals surface area contributed by atoms with Gasteiger partial charge in [-0.25, -0.2) is 14.2 Å². The average Bonchev–Trinajstić information content (AvgIpc) is 3.09. The molecule has 0 unspecified atom stereocenters. The number of nitrogen functional groups attached to an aromatic ring is 1. The van der Waals surface area contributed by atoms with Crippen LogP contribution in [0.15, 0.2) is 53.1 Å². The number of non-ortho nitro benzene ring substituents is 1. The number of aromatic nitrogens is 1. The molecule has 132 valence electrons. The molecule has 0 bridgehead atoms. The number of nitro benzene ring substituents is 1. The fourth-order valence-corrected chi connectivity index (χ4v) is 2.16. The Morgan fingerprint density at radius 3 is 2.69 bits per heavy atom. The van der Waals surface area contributed by atoms with Gasteiger partial charge in [0.2, 0.25) is 5.89 Å². The van der Waals surface area contributed by atoms with Crippen molar-refractivity contribution in [3.8, 4) is 11.3 Å². The van der Waals surface area contributed by atoms with E-state index in [1.165, 1.54) is 42.6 Å². The van der Waals surface area contributed by atoms with Crippen LogP contribution < -0.4 is 5.73 Å². The molecule has 0 aliphatic carbocycles. The number of ether oxygens (including phenoxy) is 1. The second-order valence-electron chi connectivity index (χ2n) is 5.23. The van der Waals surface area contributed by atoms with Crippen LogP contribution in [0.25, 0.3) is 11.3 Å². The van der Waals surface area contributed by atoms with E-state index in [0.717, 1.165) is 6.07 Å². The molecule has 0 aliphatic rings. The van der Waals surface area contributed by atoms with Crippen LogP contribution >= 0.6 is 0 Å². The highest BCUT2D eigenvalue weighted by Crippen LogP contribution is 2.23. The lowest BCUT2D eigenvalue weighted by Crippen LogP contribution is -2.09. The Kier molecular flexibility index (Phi) is 4.61. The maximum atomic E-state index is 12.9. The molecule has 2 N–H and O–H groups in total. The molecule has 1 aromatic heterocycles. The molecule has 3 rings (SSSR count). The molecular formula is C17H12FN3O5. The number of rotatable bonds is 5. The lowest BCUT2D eigenvalue weighted by molar-refractivity contribution is -0.384. The summed E-state index contributed by atoms with van der Waals surface area (Å²) in [5.41, 5.74) is 5.93. The van der Waals surface area contributed by atoms with Crippen molar-refractivity contribution in [2.75, 3.05) is 5.73 Å². The molecular weight excluding hydrogens is 345 g/mol. The van der Waals surface area contributed by atoms with Gasteiger partial charge in [-0.05, 0) is 30.3 Å². The number of anilines is 1. The smallest absolute Gasteiger partial charge is 0.341 e. The van der Waals surface area contributed by atoms with Crippen LogP contribution in [-0.2, 0) is 11.3 Å². The van der Waals surface area contributed by atoms with Gasteiger partial charge < -0.3 is 14.9 Å². The molecule has 0 saturated heterocycles. The predicted molar refractivity (Wildman–Crippen MR) is 88.5 cm³/mol. The van der Waals surface area contributed by atoms with Gasteiger partial charge in [-0.1, -0.05) is 0 Å². The minimum atomic E-state index is -0.840. The number of benzene rings is 2. The van der Waals surface area contributed by atoms with Crippen LogP contribution in [0.2, 0.25) is 0 Å². The Bertz CT molecular complexity index is 969. The maximum absolute atomic E-state index is 12.9. The molecule has 1 heterocycles. The maximum Gasteiger partial charge on any atom is 0.341 e. The fraction of sp³-hybridized carbons (Fsp3) is 0.0588. The van der Waals surface area contributed by atoms with E-state index >= 15 is 0 Å².